The minimum atomic E-state index is -0.743. The number of carbonyl (C=O) groups excluding carboxylic acids is 1. The molecule has 0 aliphatic heterocycles. The smallest absolute Gasteiger partial charge is 0.404 e. The summed E-state index contributed by atoms with van der Waals surface area (Å²) in [6, 6.07) is 0. The molecule has 0 atom stereocenters. The van der Waals surface area contributed by atoms with Crippen LogP contribution >= 0.6 is 0 Å². The number of aliphatic hydroxyl groups is 1. The average Bonchev–Trinajstić information content (AvgIpc) is 2.15. The van der Waals surface area contributed by atoms with Crippen LogP contribution in [0.2, 0.25) is 0 Å². The van der Waals surface area contributed by atoms with Gasteiger partial charge in [-0.3, -0.25) is 0 Å². The van der Waals surface area contributed by atoms with Gasteiger partial charge in [0.15, 0.2) is 0 Å². The molecule has 0 saturated carbocycles. The van der Waals surface area contributed by atoms with Crippen LogP contribution in [0.4, 0.5) is 4.79 Å². The Morgan fingerprint density at radius 2 is 1.79 bits per heavy atom. The van der Waals surface area contributed by atoms with Crippen molar-refractivity contribution < 1.29 is 19.4 Å². The summed E-state index contributed by atoms with van der Waals surface area (Å²) in [5, 5.41) is 8.49. The zero-order valence-electron chi connectivity index (χ0n) is 8.41. The number of carbonyl (C=O) groups is 1. The first kappa shape index (κ1) is 13.2. The van der Waals surface area contributed by atoms with Crippen molar-refractivity contribution in [2.45, 2.75) is 25.7 Å². The predicted molar refractivity (Wildman–Crippen MR) is 51.9 cm³/mol. The van der Waals surface area contributed by atoms with E-state index in [9.17, 15) is 4.79 Å². The van der Waals surface area contributed by atoms with E-state index in [4.69, 9.17) is 15.6 Å². The van der Waals surface area contributed by atoms with Gasteiger partial charge in [-0.1, -0.05) is 0 Å². The van der Waals surface area contributed by atoms with Crippen LogP contribution in [0.5, 0.6) is 0 Å². The Labute approximate surface area is 84.2 Å². The third-order valence-corrected chi connectivity index (χ3v) is 1.62. The molecule has 0 saturated heterocycles. The topological polar surface area (TPSA) is 81.8 Å². The molecule has 0 aromatic rings. The van der Waals surface area contributed by atoms with Gasteiger partial charge < -0.3 is 20.3 Å². The number of nitrogens with two attached hydrogens (primary N) is 1. The lowest BCUT2D eigenvalue weighted by Gasteiger charge is -2.03. The summed E-state index contributed by atoms with van der Waals surface area (Å²) in [6.45, 7) is 1.82. The van der Waals surface area contributed by atoms with Crippen LogP contribution in [0.1, 0.15) is 25.7 Å². The molecule has 0 unspecified atom stereocenters. The largest absolute Gasteiger partial charge is 0.450 e. The van der Waals surface area contributed by atoms with Gasteiger partial charge in [-0.25, -0.2) is 4.79 Å². The second-order valence-electron chi connectivity index (χ2n) is 2.92. The van der Waals surface area contributed by atoms with Gasteiger partial charge in [0, 0.05) is 26.2 Å². The molecule has 5 nitrogen and oxygen atoms in total. The Morgan fingerprint density at radius 1 is 1.07 bits per heavy atom. The molecule has 0 fully saturated rings. The Morgan fingerprint density at radius 3 is 2.43 bits per heavy atom. The maximum Gasteiger partial charge on any atom is 0.404 e. The van der Waals surface area contributed by atoms with Gasteiger partial charge >= 0.3 is 6.09 Å². The van der Waals surface area contributed by atoms with Crippen LogP contribution in [0.3, 0.4) is 0 Å². The normalized spacial score (nSPS) is 10.1. The van der Waals surface area contributed by atoms with E-state index < -0.39 is 6.09 Å². The zero-order valence-corrected chi connectivity index (χ0v) is 8.41. The van der Waals surface area contributed by atoms with E-state index in [2.05, 4.69) is 4.74 Å². The molecule has 1 amide bonds. The molecule has 0 heterocycles. The van der Waals surface area contributed by atoms with E-state index in [0.29, 0.717) is 26.2 Å². The van der Waals surface area contributed by atoms with Gasteiger partial charge in [0.25, 0.3) is 0 Å². The Hall–Kier alpha value is -0.810. The summed E-state index contributed by atoms with van der Waals surface area (Å²) in [4.78, 5) is 10.1. The number of rotatable bonds is 9. The molecular weight excluding hydrogens is 186 g/mol. The summed E-state index contributed by atoms with van der Waals surface area (Å²) in [6.07, 6.45) is 2.69. The maximum atomic E-state index is 10.1. The third kappa shape index (κ3) is 11.2. The Balaban J connectivity index is 2.88. The molecule has 0 bridgehead atoms. The highest BCUT2D eigenvalue weighted by Gasteiger charge is 1.93. The van der Waals surface area contributed by atoms with Crippen LogP contribution < -0.4 is 5.73 Å². The number of aliphatic hydroxyl groups excluding tert-OH is 1. The molecule has 0 radical (unpaired) electrons. The SMILES string of the molecule is NC(=O)OCCCOCCCCCO. The van der Waals surface area contributed by atoms with Gasteiger partial charge in [0.1, 0.15) is 0 Å². The van der Waals surface area contributed by atoms with Crippen LogP contribution in [-0.4, -0.2) is 37.6 Å². The third-order valence-electron chi connectivity index (χ3n) is 1.62. The van der Waals surface area contributed by atoms with Crippen molar-refractivity contribution in [3.8, 4) is 0 Å². The highest BCUT2D eigenvalue weighted by atomic mass is 16.5. The van der Waals surface area contributed by atoms with Gasteiger partial charge in [0.05, 0.1) is 6.61 Å². The Bertz CT molecular complexity index is 141. The van der Waals surface area contributed by atoms with Crippen molar-refractivity contribution in [2.75, 3.05) is 26.4 Å². The first-order valence-electron chi connectivity index (χ1n) is 4.88. The minimum absolute atomic E-state index is 0.243. The van der Waals surface area contributed by atoms with E-state index in [0.717, 1.165) is 19.3 Å². The number of unbranched alkanes of at least 4 members (excludes halogenated alkanes) is 2. The van der Waals surface area contributed by atoms with Gasteiger partial charge in [-0.05, 0) is 19.3 Å². The molecule has 14 heavy (non-hydrogen) atoms. The lowest BCUT2D eigenvalue weighted by atomic mass is 10.2. The number of hydrogen-bond acceptors (Lipinski definition) is 4. The molecule has 0 spiro atoms. The second-order valence-corrected chi connectivity index (χ2v) is 2.92. The minimum Gasteiger partial charge on any atom is -0.450 e. The van der Waals surface area contributed by atoms with Crippen molar-refractivity contribution in [1.82, 2.24) is 0 Å². The molecule has 3 N–H and O–H groups in total. The fourth-order valence-electron chi connectivity index (χ4n) is 0.929. The highest BCUT2D eigenvalue weighted by Crippen LogP contribution is 1.95. The molecule has 0 aliphatic rings. The van der Waals surface area contributed by atoms with E-state index in [-0.39, 0.29) is 6.61 Å². The van der Waals surface area contributed by atoms with Crippen molar-refractivity contribution in [3.05, 3.63) is 0 Å². The number of ether oxygens (including phenoxy) is 2. The molecule has 0 aromatic carbocycles. The van der Waals surface area contributed by atoms with E-state index in [1.165, 1.54) is 0 Å². The number of primary amides is 1. The van der Waals surface area contributed by atoms with E-state index in [1.54, 1.807) is 0 Å². The fourth-order valence-corrected chi connectivity index (χ4v) is 0.929. The Kier molecular flexibility index (Phi) is 9.68. The second kappa shape index (κ2) is 10.3. The number of hydrogen-bond donors (Lipinski definition) is 2. The first-order chi connectivity index (χ1) is 6.77. The number of amides is 1. The summed E-state index contributed by atoms with van der Waals surface area (Å²) >= 11 is 0. The molecule has 0 rings (SSSR count). The lowest BCUT2D eigenvalue weighted by Crippen LogP contribution is -2.14. The van der Waals surface area contributed by atoms with Crippen LogP contribution in [0, 0.1) is 0 Å². The standard InChI is InChI=1S/C9H19NO4/c10-9(12)14-8-4-7-13-6-3-1-2-5-11/h11H,1-8H2,(H2,10,12). The van der Waals surface area contributed by atoms with Gasteiger partial charge in [0.2, 0.25) is 0 Å². The van der Waals surface area contributed by atoms with E-state index in [1.807, 2.05) is 0 Å². The average molecular weight is 205 g/mol. The summed E-state index contributed by atoms with van der Waals surface area (Å²) in [5.41, 5.74) is 4.76. The van der Waals surface area contributed by atoms with Gasteiger partial charge in [-0.2, -0.15) is 0 Å². The molecule has 0 aromatic heterocycles. The first-order valence-corrected chi connectivity index (χ1v) is 4.88. The van der Waals surface area contributed by atoms with Crippen molar-refractivity contribution in [3.63, 3.8) is 0 Å². The van der Waals surface area contributed by atoms with Crippen molar-refractivity contribution in [2.24, 2.45) is 5.73 Å². The van der Waals surface area contributed by atoms with E-state index >= 15 is 0 Å². The maximum absolute atomic E-state index is 10.1. The highest BCUT2D eigenvalue weighted by molar-refractivity contribution is 5.64. The van der Waals surface area contributed by atoms with Crippen LogP contribution in [-0.2, 0) is 9.47 Å². The molecule has 0 aliphatic carbocycles. The monoisotopic (exact) mass is 205 g/mol. The van der Waals surface area contributed by atoms with Gasteiger partial charge in [-0.15, -0.1) is 0 Å². The van der Waals surface area contributed by atoms with Crippen LogP contribution in [0.25, 0.3) is 0 Å². The molecule has 5 heteroatoms. The van der Waals surface area contributed by atoms with Crippen LogP contribution in [0.15, 0.2) is 0 Å². The lowest BCUT2D eigenvalue weighted by molar-refractivity contribution is 0.101. The van der Waals surface area contributed by atoms with Crippen molar-refractivity contribution >= 4 is 6.09 Å². The quantitative estimate of drug-likeness (QED) is 0.541. The fraction of sp³-hybridized carbons (Fsp3) is 0.889. The predicted octanol–water partition coefficient (Wildman–Crippen LogP) is 0.651. The van der Waals surface area contributed by atoms with Crippen molar-refractivity contribution in [1.29, 1.82) is 0 Å². The molecule has 84 valence electrons. The summed E-state index contributed by atoms with van der Waals surface area (Å²) < 4.78 is 9.76. The summed E-state index contributed by atoms with van der Waals surface area (Å²) in [5.74, 6) is 0. The zero-order chi connectivity index (χ0) is 10.6. The summed E-state index contributed by atoms with van der Waals surface area (Å²) in [7, 11) is 0. The molecular formula is C9H19NO4.